The number of hydrogen-bond donors (Lipinski definition) is 2. The molecular formula is C16H16ClFN2O. The van der Waals surface area contributed by atoms with Crippen molar-refractivity contribution in [3.05, 3.63) is 58.9 Å². The Balaban J connectivity index is 2.24. The Bertz CT molecular complexity index is 668. The van der Waals surface area contributed by atoms with Crippen LogP contribution in [0.1, 0.15) is 19.4 Å². The lowest BCUT2D eigenvalue weighted by molar-refractivity contribution is -0.120. The highest BCUT2D eigenvalue weighted by atomic mass is 35.5. The third-order valence-electron chi connectivity index (χ3n) is 3.38. The van der Waals surface area contributed by atoms with Gasteiger partial charge in [-0.05, 0) is 49.7 Å². The molecule has 0 atom stereocenters. The molecule has 3 nitrogen and oxygen atoms in total. The highest BCUT2D eigenvalue weighted by Crippen LogP contribution is 2.27. The minimum atomic E-state index is -0.820. The zero-order chi connectivity index (χ0) is 15.6. The summed E-state index contributed by atoms with van der Waals surface area (Å²) in [5.74, 6) is -0.877. The van der Waals surface area contributed by atoms with Crippen molar-refractivity contribution in [2.75, 3.05) is 11.1 Å². The fraction of sp³-hybridized carbons (Fsp3) is 0.188. The lowest BCUT2D eigenvalue weighted by atomic mass is 9.83. The summed E-state index contributed by atoms with van der Waals surface area (Å²) in [6.07, 6.45) is 0. The van der Waals surface area contributed by atoms with E-state index < -0.39 is 11.2 Å². The topological polar surface area (TPSA) is 55.1 Å². The van der Waals surface area contributed by atoms with Crippen LogP contribution in [0.25, 0.3) is 0 Å². The third-order valence-corrected chi connectivity index (χ3v) is 3.61. The van der Waals surface area contributed by atoms with Crippen molar-refractivity contribution in [2.24, 2.45) is 0 Å². The molecular weight excluding hydrogens is 291 g/mol. The number of amides is 1. The van der Waals surface area contributed by atoms with Crippen LogP contribution in [-0.4, -0.2) is 5.91 Å². The van der Waals surface area contributed by atoms with Crippen molar-refractivity contribution >= 4 is 28.9 Å². The first-order valence-corrected chi connectivity index (χ1v) is 6.81. The monoisotopic (exact) mass is 306 g/mol. The fourth-order valence-electron chi connectivity index (χ4n) is 1.90. The maximum Gasteiger partial charge on any atom is 0.234 e. The number of nitrogen functional groups attached to an aromatic ring is 1. The number of benzene rings is 2. The first-order chi connectivity index (χ1) is 9.80. The molecule has 0 aliphatic heterocycles. The molecule has 0 aromatic heterocycles. The zero-order valence-electron chi connectivity index (χ0n) is 11.8. The second kappa shape index (κ2) is 5.74. The molecule has 0 radical (unpaired) electrons. The van der Waals surface area contributed by atoms with E-state index in [-0.39, 0.29) is 16.6 Å². The minimum Gasteiger partial charge on any atom is -0.399 e. The van der Waals surface area contributed by atoms with Gasteiger partial charge < -0.3 is 11.1 Å². The molecule has 0 fully saturated rings. The predicted molar refractivity (Wildman–Crippen MR) is 83.9 cm³/mol. The summed E-state index contributed by atoms with van der Waals surface area (Å²) < 4.78 is 13.7. The van der Waals surface area contributed by atoms with Gasteiger partial charge in [-0.15, -0.1) is 0 Å². The smallest absolute Gasteiger partial charge is 0.234 e. The van der Waals surface area contributed by atoms with E-state index in [1.807, 2.05) is 0 Å². The van der Waals surface area contributed by atoms with Crippen LogP contribution in [-0.2, 0) is 10.2 Å². The van der Waals surface area contributed by atoms with Crippen LogP contribution in [0.15, 0.2) is 42.5 Å². The lowest BCUT2D eigenvalue weighted by Gasteiger charge is -2.24. The van der Waals surface area contributed by atoms with Gasteiger partial charge in [-0.3, -0.25) is 4.79 Å². The van der Waals surface area contributed by atoms with Gasteiger partial charge in [-0.1, -0.05) is 23.7 Å². The molecule has 0 saturated heterocycles. The van der Waals surface area contributed by atoms with E-state index in [4.69, 9.17) is 17.3 Å². The molecule has 110 valence electrons. The summed E-state index contributed by atoms with van der Waals surface area (Å²) in [6, 6.07) is 11.2. The Hall–Kier alpha value is -2.07. The van der Waals surface area contributed by atoms with Gasteiger partial charge in [0.05, 0.1) is 11.1 Å². The second-order valence-corrected chi connectivity index (χ2v) is 5.76. The summed E-state index contributed by atoms with van der Waals surface area (Å²) in [6.45, 7) is 3.53. The molecule has 21 heavy (non-hydrogen) atoms. The number of nitrogens with one attached hydrogen (secondary N) is 1. The minimum absolute atomic E-state index is 0.105. The van der Waals surface area contributed by atoms with E-state index in [2.05, 4.69) is 5.32 Å². The summed E-state index contributed by atoms with van der Waals surface area (Å²) in [5.41, 5.74) is 6.34. The average Bonchev–Trinajstić information content (AvgIpc) is 2.42. The van der Waals surface area contributed by atoms with Crippen molar-refractivity contribution in [2.45, 2.75) is 19.3 Å². The number of nitrogens with two attached hydrogens (primary N) is 1. The molecule has 3 N–H and O–H groups in total. The summed E-state index contributed by atoms with van der Waals surface area (Å²) >= 11 is 5.69. The molecule has 0 heterocycles. The van der Waals surface area contributed by atoms with Crippen molar-refractivity contribution in [1.82, 2.24) is 0 Å². The largest absolute Gasteiger partial charge is 0.399 e. The number of anilines is 2. The standard InChI is InChI=1S/C16H16ClFN2O/c1-16(2,10-3-6-12(19)7-4-10)15(21)20-14-8-5-11(17)9-13(14)18/h3-9H,19H2,1-2H3,(H,20,21). The summed E-state index contributed by atoms with van der Waals surface area (Å²) in [5, 5.41) is 2.87. The maximum absolute atomic E-state index is 13.7. The Morgan fingerprint density at radius 2 is 1.81 bits per heavy atom. The highest BCUT2D eigenvalue weighted by molar-refractivity contribution is 6.30. The van der Waals surface area contributed by atoms with Gasteiger partial charge in [0.1, 0.15) is 5.82 Å². The zero-order valence-corrected chi connectivity index (χ0v) is 12.5. The quantitative estimate of drug-likeness (QED) is 0.843. The van der Waals surface area contributed by atoms with Gasteiger partial charge in [0, 0.05) is 10.7 Å². The van der Waals surface area contributed by atoms with E-state index in [1.54, 1.807) is 38.1 Å². The molecule has 0 unspecified atom stereocenters. The molecule has 0 spiro atoms. The highest BCUT2D eigenvalue weighted by Gasteiger charge is 2.30. The number of hydrogen-bond acceptors (Lipinski definition) is 2. The van der Waals surface area contributed by atoms with E-state index in [1.165, 1.54) is 12.1 Å². The van der Waals surface area contributed by atoms with Gasteiger partial charge in [0.25, 0.3) is 0 Å². The molecule has 0 saturated carbocycles. The van der Waals surface area contributed by atoms with E-state index in [0.29, 0.717) is 5.69 Å². The van der Waals surface area contributed by atoms with Crippen LogP contribution in [0.5, 0.6) is 0 Å². The molecule has 0 bridgehead atoms. The normalized spacial score (nSPS) is 11.2. The van der Waals surface area contributed by atoms with Crippen molar-refractivity contribution < 1.29 is 9.18 Å². The fourth-order valence-corrected chi connectivity index (χ4v) is 2.06. The second-order valence-electron chi connectivity index (χ2n) is 5.33. The van der Waals surface area contributed by atoms with Crippen LogP contribution in [0.2, 0.25) is 5.02 Å². The van der Waals surface area contributed by atoms with Crippen molar-refractivity contribution in [3.8, 4) is 0 Å². The van der Waals surface area contributed by atoms with Crippen LogP contribution in [0.4, 0.5) is 15.8 Å². The molecule has 2 aromatic carbocycles. The molecule has 0 aliphatic rings. The van der Waals surface area contributed by atoms with Crippen LogP contribution < -0.4 is 11.1 Å². The first kappa shape index (κ1) is 15.3. The van der Waals surface area contributed by atoms with Crippen molar-refractivity contribution in [3.63, 3.8) is 0 Å². The number of halogens is 2. The first-order valence-electron chi connectivity index (χ1n) is 6.43. The molecule has 2 aromatic rings. The van der Waals surface area contributed by atoms with Crippen molar-refractivity contribution in [1.29, 1.82) is 0 Å². The van der Waals surface area contributed by atoms with E-state index >= 15 is 0 Å². The Morgan fingerprint density at radius 1 is 1.19 bits per heavy atom. The van der Waals surface area contributed by atoms with Crippen LogP contribution >= 0.6 is 11.6 Å². The number of carbonyl (C=O) groups excluding carboxylic acids is 1. The summed E-state index contributed by atoms with van der Waals surface area (Å²) in [7, 11) is 0. The third kappa shape index (κ3) is 3.34. The number of carbonyl (C=O) groups is 1. The molecule has 2 rings (SSSR count). The molecule has 5 heteroatoms. The van der Waals surface area contributed by atoms with E-state index in [0.717, 1.165) is 11.6 Å². The van der Waals surface area contributed by atoms with Gasteiger partial charge in [0.2, 0.25) is 5.91 Å². The Kier molecular flexibility index (Phi) is 4.19. The predicted octanol–water partition coefficient (Wildman–Crippen LogP) is 3.98. The Morgan fingerprint density at radius 3 is 2.38 bits per heavy atom. The van der Waals surface area contributed by atoms with Gasteiger partial charge in [-0.25, -0.2) is 4.39 Å². The average molecular weight is 307 g/mol. The molecule has 1 amide bonds. The number of rotatable bonds is 3. The van der Waals surface area contributed by atoms with Gasteiger partial charge in [0.15, 0.2) is 0 Å². The SMILES string of the molecule is CC(C)(C(=O)Nc1ccc(Cl)cc1F)c1ccc(N)cc1. The van der Waals surface area contributed by atoms with E-state index in [9.17, 15) is 9.18 Å². The van der Waals surface area contributed by atoms with Gasteiger partial charge in [-0.2, -0.15) is 0 Å². The van der Waals surface area contributed by atoms with Crippen LogP contribution in [0.3, 0.4) is 0 Å². The summed E-state index contributed by atoms with van der Waals surface area (Å²) in [4.78, 5) is 12.4. The maximum atomic E-state index is 13.7. The molecule has 0 aliphatic carbocycles. The van der Waals surface area contributed by atoms with Gasteiger partial charge >= 0.3 is 0 Å². The van der Waals surface area contributed by atoms with Crippen LogP contribution in [0, 0.1) is 5.82 Å². The Labute approximate surface area is 127 Å². The lowest BCUT2D eigenvalue weighted by Crippen LogP contribution is -2.35.